The highest BCUT2D eigenvalue weighted by atomic mass is 32.1. The van der Waals surface area contributed by atoms with Gasteiger partial charge in [-0.05, 0) is 24.6 Å². The van der Waals surface area contributed by atoms with Crippen molar-refractivity contribution in [2.24, 2.45) is 9.98 Å². The summed E-state index contributed by atoms with van der Waals surface area (Å²) in [6, 6.07) is 6.08. The lowest BCUT2D eigenvalue weighted by atomic mass is 10.1. The minimum Gasteiger partial charge on any atom is -0.260 e. The Bertz CT molecular complexity index is 394. The van der Waals surface area contributed by atoms with Gasteiger partial charge >= 0.3 is 0 Å². The summed E-state index contributed by atoms with van der Waals surface area (Å²) in [6.45, 7) is 2.74. The molecule has 1 aromatic carbocycles. The zero-order valence-electron chi connectivity index (χ0n) is 7.36. The SMILES string of the molecule is Cc1ccc(C2=NCC=N2)c(S)c1. The van der Waals surface area contributed by atoms with E-state index in [-0.39, 0.29) is 0 Å². The van der Waals surface area contributed by atoms with Gasteiger partial charge in [-0.2, -0.15) is 0 Å². The van der Waals surface area contributed by atoms with Gasteiger partial charge in [-0.3, -0.25) is 4.99 Å². The first-order chi connectivity index (χ1) is 6.27. The zero-order valence-corrected chi connectivity index (χ0v) is 8.25. The highest BCUT2D eigenvalue weighted by Gasteiger charge is 2.07. The lowest BCUT2D eigenvalue weighted by Gasteiger charge is -2.02. The molecular weight excluding hydrogens is 180 g/mol. The van der Waals surface area contributed by atoms with E-state index < -0.39 is 0 Å². The molecule has 1 aliphatic heterocycles. The summed E-state index contributed by atoms with van der Waals surface area (Å²) in [4.78, 5) is 9.36. The van der Waals surface area contributed by atoms with Gasteiger partial charge in [0.05, 0.1) is 6.54 Å². The Kier molecular flexibility index (Phi) is 2.19. The summed E-state index contributed by atoms with van der Waals surface area (Å²) in [5.74, 6) is 0.796. The highest BCUT2D eigenvalue weighted by molar-refractivity contribution is 7.80. The highest BCUT2D eigenvalue weighted by Crippen LogP contribution is 2.18. The maximum absolute atomic E-state index is 4.39. The second-order valence-electron chi connectivity index (χ2n) is 3.00. The van der Waals surface area contributed by atoms with Gasteiger partial charge in [-0.15, -0.1) is 12.6 Å². The molecule has 13 heavy (non-hydrogen) atoms. The molecule has 1 aliphatic rings. The van der Waals surface area contributed by atoms with E-state index in [9.17, 15) is 0 Å². The first-order valence-corrected chi connectivity index (χ1v) is 4.59. The largest absolute Gasteiger partial charge is 0.260 e. The van der Waals surface area contributed by atoms with Gasteiger partial charge < -0.3 is 0 Å². The molecule has 0 bridgehead atoms. The molecule has 0 amide bonds. The van der Waals surface area contributed by atoms with Crippen LogP contribution in [0.3, 0.4) is 0 Å². The minimum atomic E-state index is 0.691. The standard InChI is InChI=1S/C10H10N2S/c1-7-2-3-8(9(13)6-7)10-11-4-5-12-10/h2-4,6,13H,5H2,1H3. The van der Waals surface area contributed by atoms with E-state index in [1.165, 1.54) is 5.56 Å². The molecule has 0 unspecified atom stereocenters. The summed E-state index contributed by atoms with van der Waals surface area (Å²) < 4.78 is 0. The van der Waals surface area contributed by atoms with Crippen molar-refractivity contribution in [2.75, 3.05) is 6.54 Å². The third kappa shape index (κ3) is 1.65. The number of hydrogen-bond acceptors (Lipinski definition) is 3. The molecule has 0 saturated heterocycles. The monoisotopic (exact) mass is 190 g/mol. The van der Waals surface area contributed by atoms with E-state index in [0.29, 0.717) is 6.54 Å². The quantitative estimate of drug-likeness (QED) is 0.656. The Morgan fingerprint density at radius 2 is 2.23 bits per heavy atom. The van der Waals surface area contributed by atoms with Crippen molar-refractivity contribution >= 4 is 24.7 Å². The van der Waals surface area contributed by atoms with Gasteiger partial charge in [0.25, 0.3) is 0 Å². The van der Waals surface area contributed by atoms with Gasteiger partial charge in [-0.25, -0.2) is 4.99 Å². The van der Waals surface area contributed by atoms with E-state index in [1.54, 1.807) is 0 Å². The number of rotatable bonds is 1. The molecule has 0 N–H and O–H groups in total. The van der Waals surface area contributed by atoms with Crippen molar-refractivity contribution < 1.29 is 0 Å². The molecule has 0 aromatic heterocycles. The van der Waals surface area contributed by atoms with Crippen molar-refractivity contribution in [1.82, 2.24) is 0 Å². The summed E-state index contributed by atoms with van der Waals surface area (Å²) in [6.07, 6.45) is 1.81. The minimum absolute atomic E-state index is 0.691. The summed E-state index contributed by atoms with van der Waals surface area (Å²) in [5, 5.41) is 0. The van der Waals surface area contributed by atoms with Crippen LogP contribution in [-0.4, -0.2) is 18.6 Å². The smallest absolute Gasteiger partial charge is 0.155 e. The predicted octanol–water partition coefficient (Wildman–Crippen LogP) is 2.11. The third-order valence-corrected chi connectivity index (χ3v) is 2.30. The van der Waals surface area contributed by atoms with Crippen LogP contribution in [0.5, 0.6) is 0 Å². The number of aliphatic imine (C=N–C) groups is 2. The molecule has 1 aromatic rings. The van der Waals surface area contributed by atoms with Crippen LogP contribution in [0.15, 0.2) is 33.1 Å². The molecular formula is C10H10N2S. The predicted molar refractivity (Wildman–Crippen MR) is 58.3 cm³/mol. The van der Waals surface area contributed by atoms with Crippen molar-refractivity contribution in [2.45, 2.75) is 11.8 Å². The van der Waals surface area contributed by atoms with Crippen molar-refractivity contribution in [3.05, 3.63) is 29.3 Å². The molecule has 0 radical (unpaired) electrons. The van der Waals surface area contributed by atoms with E-state index in [0.717, 1.165) is 16.3 Å². The fourth-order valence-corrected chi connectivity index (χ4v) is 1.66. The topological polar surface area (TPSA) is 24.7 Å². The second-order valence-corrected chi connectivity index (χ2v) is 3.48. The number of benzene rings is 1. The van der Waals surface area contributed by atoms with E-state index in [4.69, 9.17) is 0 Å². The maximum atomic E-state index is 4.39. The lowest BCUT2D eigenvalue weighted by Crippen LogP contribution is -1.95. The molecule has 0 fully saturated rings. The number of aryl methyl sites for hydroxylation is 1. The second kappa shape index (κ2) is 3.34. The Balaban J connectivity index is 2.46. The van der Waals surface area contributed by atoms with Gasteiger partial charge in [-0.1, -0.05) is 6.07 Å². The maximum Gasteiger partial charge on any atom is 0.155 e. The average molecular weight is 190 g/mol. The summed E-state index contributed by atoms with van der Waals surface area (Å²) in [7, 11) is 0. The van der Waals surface area contributed by atoms with E-state index in [1.807, 2.05) is 31.3 Å². The van der Waals surface area contributed by atoms with E-state index >= 15 is 0 Å². The molecule has 2 nitrogen and oxygen atoms in total. The summed E-state index contributed by atoms with van der Waals surface area (Å²) in [5.41, 5.74) is 2.22. The average Bonchev–Trinajstić information content (AvgIpc) is 2.56. The zero-order chi connectivity index (χ0) is 9.26. The van der Waals surface area contributed by atoms with Crippen molar-refractivity contribution in [1.29, 1.82) is 0 Å². The number of thiol groups is 1. The van der Waals surface area contributed by atoms with Gasteiger partial charge in [0, 0.05) is 16.7 Å². The first kappa shape index (κ1) is 8.51. The Morgan fingerprint density at radius 3 is 2.85 bits per heavy atom. The first-order valence-electron chi connectivity index (χ1n) is 4.14. The van der Waals surface area contributed by atoms with Gasteiger partial charge in [0.2, 0.25) is 0 Å². The molecule has 3 heteroatoms. The van der Waals surface area contributed by atoms with Crippen LogP contribution in [0.25, 0.3) is 0 Å². The number of nitrogens with zero attached hydrogens (tertiary/aromatic N) is 2. The van der Waals surface area contributed by atoms with E-state index in [2.05, 4.69) is 22.6 Å². The molecule has 0 atom stereocenters. The molecule has 1 heterocycles. The fourth-order valence-electron chi connectivity index (χ4n) is 1.28. The molecule has 0 saturated carbocycles. The van der Waals surface area contributed by atoms with Crippen LogP contribution in [0.2, 0.25) is 0 Å². The molecule has 0 spiro atoms. The Hall–Kier alpha value is -1.09. The normalized spacial score (nSPS) is 14.8. The Morgan fingerprint density at radius 1 is 1.38 bits per heavy atom. The van der Waals surface area contributed by atoms with Crippen LogP contribution in [0.4, 0.5) is 0 Å². The molecule has 66 valence electrons. The van der Waals surface area contributed by atoms with Crippen LogP contribution < -0.4 is 0 Å². The van der Waals surface area contributed by atoms with Crippen LogP contribution in [0, 0.1) is 6.92 Å². The van der Waals surface area contributed by atoms with Gasteiger partial charge in [0.1, 0.15) is 0 Å². The molecule has 0 aliphatic carbocycles. The number of amidine groups is 1. The van der Waals surface area contributed by atoms with Crippen molar-refractivity contribution in [3.8, 4) is 0 Å². The molecule has 2 rings (SSSR count). The van der Waals surface area contributed by atoms with Crippen LogP contribution in [0.1, 0.15) is 11.1 Å². The van der Waals surface area contributed by atoms with Crippen LogP contribution in [-0.2, 0) is 0 Å². The van der Waals surface area contributed by atoms with Crippen LogP contribution >= 0.6 is 12.6 Å². The number of hydrogen-bond donors (Lipinski definition) is 1. The fraction of sp³-hybridized carbons (Fsp3) is 0.200. The lowest BCUT2D eigenvalue weighted by molar-refractivity contribution is 1.30. The van der Waals surface area contributed by atoms with Crippen molar-refractivity contribution in [3.63, 3.8) is 0 Å². The summed E-state index contributed by atoms with van der Waals surface area (Å²) >= 11 is 4.39. The third-order valence-electron chi connectivity index (χ3n) is 1.93. The Labute approximate surface area is 82.8 Å². The van der Waals surface area contributed by atoms with Gasteiger partial charge in [0.15, 0.2) is 5.84 Å².